The topological polar surface area (TPSA) is 117 Å². The van der Waals surface area contributed by atoms with Gasteiger partial charge in [-0.05, 0) is 6.92 Å². The van der Waals surface area contributed by atoms with E-state index in [0.29, 0.717) is 5.13 Å². The van der Waals surface area contributed by atoms with Crippen LogP contribution in [-0.4, -0.2) is 35.5 Å². The summed E-state index contributed by atoms with van der Waals surface area (Å²) in [6, 6.07) is 0. The van der Waals surface area contributed by atoms with E-state index in [2.05, 4.69) is 25.6 Å². The molecule has 1 atom stereocenters. The second kappa shape index (κ2) is 6.70. The quantitative estimate of drug-likeness (QED) is 0.712. The molecule has 0 radical (unpaired) electrons. The van der Waals surface area contributed by atoms with Crippen molar-refractivity contribution in [2.24, 2.45) is 0 Å². The van der Waals surface area contributed by atoms with Gasteiger partial charge < -0.3 is 15.2 Å². The number of aromatic nitrogens is 3. The van der Waals surface area contributed by atoms with Crippen molar-refractivity contribution in [1.82, 2.24) is 15.0 Å². The maximum absolute atomic E-state index is 11.0. The van der Waals surface area contributed by atoms with E-state index in [1.54, 1.807) is 12.4 Å². The van der Waals surface area contributed by atoms with Crippen molar-refractivity contribution >= 4 is 39.4 Å². The summed E-state index contributed by atoms with van der Waals surface area (Å²) in [5.74, 6) is -0.0421. The monoisotopic (exact) mass is 327 g/mol. The molecule has 0 spiro atoms. The number of nitrogens with zero attached hydrogens (tertiary/aromatic N) is 3. The molecule has 2 rings (SSSR count). The number of anilines is 2. The van der Waals surface area contributed by atoms with Crippen molar-refractivity contribution in [3.05, 3.63) is 18.1 Å². The zero-order valence-electron chi connectivity index (χ0n) is 11.3. The van der Waals surface area contributed by atoms with Gasteiger partial charge >= 0.3 is 0 Å². The molecule has 0 aliphatic rings. The van der Waals surface area contributed by atoms with Gasteiger partial charge in [-0.25, -0.2) is 19.2 Å². The highest BCUT2D eigenvalue weighted by Crippen LogP contribution is 2.32. The van der Waals surface area contributed by atoms with E-state index in [9.17, 15) is 9.00 Å². The molecule has 0 bridgehead atoms. The third-order valence-corrected chi connectivity index (χ3v) is 3.86. The van der Waals surface area contributed by atoms with Crippen LogP contribution in [-0.2, 0) is 15.9 Å². The minimum Gasteiger partial charge on any atom is -0.340 e. The zero-order chi connectivity index (χ0) is 15.4. The molecule has 21 heavy (non-hydrogen) atoms. The molecule has 2 aromatic heterocycles. The number of hydrogen-bond donors (Lipinski definition) is 3. The Labute approximate surface area is 127 Å². The molecular weight excluding hydrogens is 314 g/mol. The Hall–Kier alpha value is -1.91. The van der Waals surface area contributed by atoms with Crippen LogP contribution in [0.1, 0.15) is 12.6 Å². The van der Waals surface area contributed by atoms with Gasteiger partial charge in [0.2, 0.25) is 11.9 Å². The number of hydrogen-bond acceptors (Lipinski definition) is 7. The van der Waals surface area contributed by atoms with E-state index in [-0.39, 0.29) is 17.7 Å². The third-order valence-electron chi connectivity index (χ3n) is 2.35. The number of thiazole rings is 1. The standard InChI is InChI=1S/C11H13N5O3S2/c1-6-9(20-11(15-6)16-7(2)17)8-3-12-10(13-4-8)14-5-21(18)19/h3-4H,5H2,1-2H3,(H,18,19)(H,12,13,14)(H,15,16,17). The summed E-state index contributed by atoms with van der Waals surface area (Å²) in [7, 11) is 0. The minimum absolute atomic E-state index is 0.133. The van der Waals surface area contributed by atoms with Crippen molar-refractivity contribution in [3.63, 3.8) is 0 Å². The second-order valence-corrected chi connectivity index (χ2v) is 5.98. The van der Waals surface area contributed by atoms with Crippen molar-refractivity contribution in [3.8, 4) is 10.4 Å². The van der Waals surface area contributed by atoms with E-state index in [4.69, 9.17) is 4.55 Å². The normalized spacial score (nSPS) is 12.0. The van der Waals surface area contributed by atoms with Crippen LogP contribution < -0.4 is 10.6 Å². The van der Waals surface area contributed by atoms with Crippen molar-refractivity contribution in [1.29, 1.82) is 0 Å². The van der Waals surface area contributed by atoms with E-state index in [1.807, 2.05) is 6.92 Å². The number of rotatable bonds is 5. The smallest absolute Gasteiger partial charge is 0.223 e. The van der Waals surface area contributed by atoms with E-state index >= 15 is 0 Å². The highest BCUT2D eigenvalue weighted by atomic mass is 32.2. The summed E-state index contributed by atoms with van der Waals surface area (Å²) >= 11 is -0.620. The summed E-state index contributed by atoms with van der Waals surface area (Å²) in [5.41, 5.74) is 1.53. The lowest BCUT2D eigenvalue weighted by molar-refractivity contribution is -0.114. The van der Waals surface area contributed by atoms with Crippen LogP contribution in [0.5, 0.6) is 0 Å². The van der Waals surface area contributed by atoms with Crippen molar-refractivity contribution in [2.45, 2.75) is 13.8 Å². The lowest BCUT2D eigenvalue weighted by atomic mass is 10.2. The van der Waals surface area contributed by atoms with Gasteiger partial charge in [-0.1, -0.05) is 11.3 Å². The molecule has 0 fully saturated rings. The number of carbonyl (C=O) groups excluding carboxylic acids is 1. The molecule has 2 heterocycles. The summed E-state index contributed by atoms with van der Waals surface area (Å²) in [6.45, 7) is 3.25. The van der Waals surface area contributed by atoms with Crippen LogP contribution in [0.2, 0.25) is 0 Å². The van der Waals surface area contributed by atoms with Crippen molar-refractivity contribution in [2.75, 3.05) is 16.5 Å². The fraction of sp³-hybridized carbons (Fsp3) is 0.273. The summed E-state index contributed by atoms with van der Waals surface area (Å²) in [5, 5.41) is 5.78. The largest absolute Gasteiger partial charge is 0.340 e. The summed E-state index contributed by atoms with van der Waals surface area (Å²) in [6.07, 6.45) is 3.18. The van der Waals surface area contributed by atoms with Gasteiger partial charge in [0.25, 0.3) is 0 Å². The van der Waals surface area contributed by atoms with E-state index in [0.717, 1.165) is 16.1 Å². The fourth-order valence-electron chi connectivity index (χ4n) is 1.53. The third kappa shape index (κ3) is 4.28. The molecule has 112 valence electrons. The number of carbonyl (C=O) groups is 1. The lowest BCUT2D eigenvalue weighted by Crippen LogP contribution is -2.09. The Bertz CT molecular complexity index is 671. The first-order valence-corrected chi connectivity index (χ1v) is 7.93. The Balaban J connectivity index is 2.16. The molecule has 2 aromatic rings. The van der Waals surface area contributed by atoms with Crippen LogP contribution in [0, 0.1) is 6.92 Å². The van der Waals surface area contributed by atoms with Crippen molar-refractivity contribution < 1.29 is 13.6 Å². The Kier molecular flexibility index (Phi) is 4.94. The molecule has 0 saturated heterocycles. The molecule has 8 nitrogen and oxygen atoms in total. The average molecular weight is 327 g/mol. The Morgan fingerprint density at radius 1 is 1.43 bits per heavy atom. The predicted octanol–water partition coefficient (Wildman–Crippen LogP) is 1.46. The molecule has 10 heteroatoms. The zero-order valence-corrected chi connectivity index (χ0v) is 12.9. The molecule has 1 unspecified atom stereocenters. The molecule has 1 amide bonds. The highest BCUT2D eigenvalue weighted by molar-refractivity contribution is 7.79. The van der Waals surface area contributed by atoms with Crippen LogP contribution in [0.3, 0.4) is 0 Å². The molecule has 0 aliphatic carbocycles. The average Bonchev–Trinajstić information content (AvgIpc) is 2.77. The van der Waals surface area contributed by atoms with Gasteiger partial charge in [-0.15, -0.1) is 0 Å². The predicted molar refractivity (Wildman–Crippen MR) is 81.4 cm³/mol. The molecule has 3 N–H and O–H groups in total. The SMILES string of the molecule is CC(=O)Nc1nc(C)c(-c2cnc(NCS(=O)O)nc2)s1. The molecule has 0 aliphatic heterocycles. The van der Waals surface area contributed by atoms with Gasteiger partial charge in [0.1, 0.15) is 5.88 Å². The van der Waals surface area contributed by atoms with Gasteiger partial charge in [0.15, 0.2) is 16.2 Å². The molecule has 0 saturated carbocycles. The van der Waals surface area contributed by atoms with Crippen LogP contribution in [0.4, 0.5) is 11.1 Å². The van der Waals surface area contributed by atoms with Gasteiger partial charge in [0, 0.05) is 24.9 Å². The number of amides is 1. The van der Waals surface area contributed by atoms with Crippen LogP contribution in [0.15, 0.2) is 12.4 Å². The van der Waals surface area contributed by atoms with Gasteiger partial charge in [-0.3, -0.25) is 4.79 Å². The first kappa shape index (κ1) is 15.5. The first-order valence-electron chi connectivity index (χ1n) is 5.84. The fourth-order valence-corrected chi connectivity index (χ4v) is 2.77. The van der Waals surface area contributed by atoms with Gasteiger partial charge in [-0.2, -0.15) is 0 Å². The number of aryl methyl sites for hydroxylation is 1. The maximum atomic E-state index is 11.0. The highest BCUT2D eigenvalue weighted by Gasteiger charge is 2.11. The molecular formula is C11H13N5O3S2. The van der Waals surface area contributed by atoms with Crippen LogP contribution in [0.25, 0.3) is 10.4 Å². The Morgan fingerprint density at radius 2 is 2.10 bits per heavy atom. The summed E-state index contributed by atoms with van der Waals surface area (Å²) in [4.78, 5) is 24.3. The Morgan fingerprint density at radius 3 is 2.67 bits per heavy atom. The second-order valence-electron chi connectivity index (χ2n) is 4.05. The number of nitrogens with one attached hydrogen (secondary N) is 2. The van der Waals surface area contributed by atoms with E-state index < -0.39 is 11.1 Å². The van der Waals surface area contributed by atoms with Crippen LogP contribution >= 0.6 is 11.3 Å². The maximum Gasteiger partial charge on any atom is 0.223 e. The van der Waals surface area contributed by atoms with Gasteiger partial charge in [0.05, 0.1) is 10.6 Å². The summed E-state index contributed by atoms with van der Waals surface area (Å²) < 4.78 is 19.2. The molecule has 0 aromatic carbocycles. The lowest BCUT2D eigenvalue weighted by Gasteiger charge is -2.02. The van der Waals surface area contributed by atoms with E-state index in [1.165, 1.54) is 18.3 Å². The minimum atomic E-state index is -1.95. The first-order chi connectivity index (χ1) is 9.95.